The molecule has 1 N–H and O–H groups in total. The number of thiophene rings is 1. The number of carbonyl (C=O) groups is 1. The molecule has 1 aromatic heterocycles. The zero-order valence-electron chi connectivity index (χ0n) is 16.1. The third kappa shape index (κ3) is 4.20. The van der Waals surface area contributed by atoms with Crippen molar-refractivity contribution in [3.8, 4) is 11.5 Å². The van der Waals surface area contributed by atoms with Crippen molar-refractivity contribution in [2.75, 3.05) is 30.9 Å². The number of sulfonamides is 1. The standard InChI is InChI=1S/C20H20N2O5S2/c1-22(29(24,25)15-7-5-4-6-8-15)16-11-12-28-19(16)20(23)21-14-9-10-17(26-2)18(13-14)27-3/h4-13H,1-3H3,(H,21,23). The Labute approximate surface area is 173 Å². The number of amides is 1. The molecule has 0 aliphatic rings. The second-order valence-corrected chi connectivity index (χ2v) is 8.83. The smallest absolute Gasteiger partial charge is 0.267 e. The number of hydrogen-bond donors (Lipinski definition) is 1. The van der Waals surface area contributed by atoms with Gasteiger partial charge in [-0.2, -0.15) is 0 Å². The van der Waals surface area contributed by atoms with Crippen LogP contribution in [0.1, 0.15) is 9.67 Å². The van der Waals surface area contributed by atoms with Crippen LogP contribution >= 0.6 is 11.3 Å². The van der Waals surface area contributed by atoms with Crippen molar-refractivity contribution in [2.24, 2.45) is 0 Å². The van der Waals surface area contributed by atoms with Crippen molar-refractivity contribution in [1.82, 2.24) is 0 Å². The van der Waals surface area contributed by atoms with Gasteiger partial charge in [-0.25, -0.2) is 8.42 Å². The van der Waals surface area contributed by atoms with Crippen LogP contribution < -0.4 is 19.1 Å². The summed E-state index contributed by atoms with van der Waals surface area (Å²) >= 11 is 1.16. The first-order chi connectivity index (χ1) is 13.9. The van der Waals surface area contributed by atoms with Gasteiger partial charge in [0.05, 0.1) is 24.8 Å². The van der Waals surface area contributed by atoms with Crippen molar-refractivity contribution < 1.29 is 22.7 Å². The van der Waals surface area contributed by atoms with E-state index < -0.39 is 15.9 Å². The fourth-order valence-electron chi connectivity index (χ4n) is 2.70. The van der Waals surface area contributed by atoms with E-state index in [0.29, 0.717) is 22.9 Å². The van der Waals surface area contributed by atoms with E-state index in [1.54, 1.807) is 47.8 Å². The molecular weight excluding hydrogens is 412 g/mol. The molecule has 0 atom stereocenters. The Morgan fingerprint density at radius 1 is 1.00 bits per heavy atom. The average molecular weight is 433 g/mol. The Balaban J connectivity index is 1.87. The minimum absolute atomic E-state index is 0.153. The summed E-state index contributed by atoms with van der Waals surface area (Å²) in [6, 6.07) is 14.7. The fraction of sp³-hybridized carbons (Fsp3) is 0.150. The van der Waals surface area contributed by atoms with Gasteiger partial charge in [-0.15, -0.1) is 11.3 Å². The first-order valence-electron chi connectivity index (χ1n) is 8.53. The molecule has 7 nitrogen and oxygen atoms in total. The highest BCUT2D eigenvalue weighted by Crippen LogP contribution is 2.32. The van der Waals surface area contributed by atoms with Crippen molar-refractivity contribution in [1.29, 1.82) is 0 Å². The van der Waals surface area contributed by atoms with Gasteiger partial charge >= 0.3 is 0 Å². The van der Waals surface area contributed by atoms with E-state index in [2.05, 4.69) is 5.32 Å². The SMILES string of the molecule is COc1ccc(NC(=O)c2sccc2N(C)S(=O)(=O)c2ccccc2)cc1OC. The molecule has 0 unspecified atom stereocenters. The van der Waals surface area contributed by atoms with Crippen molar-refractivity contribution in [3.63, 3.8) is 0 Å². The van der Waals surface area contributed by atoms with Crippen molar-refractivity contribution in [2.45, 2.75) is 4.90 Å². The van der Waals surface area contributed by atoms with Crippen LogP contribution in [0.5, 0.6) is 11.5 Å². The molecule has 0 aliphatic carbocycles. The van der Waals surface area contributed by atoms with Crippen LogP contribution in [0.25, 0.3) is 0 Å². The number of nitrogens with one attached hydrogen (secondary N) is 1. The maximum atomic E-state index is 12.9. The van der Waals surface area contributed by atoms with Crippen LogP contribution in [0.4, 0.5) is 11.4 Å². The molecule has 0 aliphatic heterocycles. The van der Waals surface area contributed by atoms with Gasteiger partial charge in [0.2, 0.25) is 0 Å². The number of rotatable bonds is 7. The maximum Gasteiger partial charge on any atom is 0.267 e. The molecule has 0 saturated heterocycles. The molecule has 29 heavy (non-hydrogen) atoms. The van der Waals surface area contributed by atoms with Crippen LogP contribution in [-0.2, 0) is 10.0 Å². The van der Waals surface area contributed by atoms with E-state index in [9.17, 15) is 13.2 Å². The second-order valence-electron chi connectivity index (χ2n) is 5.94. The number of benzene rings is 2. The summed E-state index contributed by atoms with van der Waals surface area (Å²) in [4.78, 5) is 13.3. The molecule has 0 bridgehead atoms. The molecule has 1 heterocycles. The number of carbonyl (C=O) groups excluding carboxylic acids is 1. The Hall–Kier alpha value is -3.04. The minimum atomic E-state index is -3.79. The molecule has 2 aromatic carbocycles. The van der Waals surface area contributed by atoms with Gasteiger partial charge in [-0.1, -0.05) is 18.2 Å². The number of ether oxygens (including phenoxy) is 2. The summed E-state index contributed by atoms with van der Waals surface area (Å²) in [6.07, 6.45) is 0. The third-order valence-electron chi connectivity index (χ3n) is 4.23. The highest BCUT2D eigenvalue weighted by Gasteiger charge is 2.26. The summed E-state index contributed by atoms with van der Waals surface area (Å²) in [6.45, 7) is 0. The molecule has 0 fully saturated rings. The van der Waals surface area contributed by atoms with Gasteiger partial charge in [-0.3, -0.25) is 9.10 Å². The van der Waals surface area contributed by atoms with Gasteiger partial charge in [-0.05, 0) is 35.7 Å². The lowest BCUT2D eigenvalue weighted by Crippen LogP contribution is -2.28. The van der Waals surface area contributed by atoms with Gasteiger partial charge in [0.15, 0.2) is 11.5 Å². The van der Waals surface area contributed by atoms with Gasteiger partial charge < -0.3 is 14.8 Å². The number of hydrogen-bond acceptors (Lipinski definition) is 6. The highest BCUT2D eigenvalue weighted by molar-refractivity contribution is 7.92. The Morgan fingerprint density at radius 2 is 1.69 bits per heavy atom. The Bertz CT molecular complexity index is 1110. The average Bonchev–Trinajstić information content (AvgIpc) is 3.23. The zero-order valence-corrected chi connectivity index (χ0v) is 17.7. The Morgan fingerprint density at radius 3 is 2.34 bits per heavy atom. The quantitative estimate of drug-likeness (QED) is 0.613. The highest BCUT2D eigenvalue weighted by atomic mass is 32.2. The number of anilines is 2. The van der Waals surface area contributed by atoms with E-state index in [-0.39, 0.29) is 9.77 Å². The summed E-state index contributed by atoms with van der Waals surface area (Å²) in [5.74, 6) is 0.591. The Kier molecular flexibility index (Phi) is 6.09. The monoisotopic (exact) mass is 432 g/mol. The van der Waals surface area contributed by atoms with E-state index in [4.69, 9.17) is 9.47 Å². The summed E-state index contributed by atoms with van der Waals surface area (Å²) < 4.78 is 37.3. The van der Waals surface area contributed by atoms with E-state index in [1.165, 1.54) is 33.4 Å². The van der Waals surface area contributed by atoms with Crippen molar-refractivity contribution >= 4 is 38.6 Å². The summed E-state index contributed by atoms with van der Waals surface area (Å²) in [7, 11) is 0.670. The third-order valence-corrected chi connectivity index (χ3v) is 6.92. The lowest BCUT2D eigenvalue weighted by molar-refractivity contribution is 0.103. The molecule has 0 saturated carbocycles. The summed E-state index contributed by atoms with van der Waals surface area (Å²) in [5, 5.41) is 4.45. The van der Waals surface area contributed by atoms with E-state index >= 15 is 0 Å². The zero-order chi connectivity index (χ0) is 21.0. The molecule has 0 radical (unpaired) electrons. The van der Waals surface area contributed by atoms with E-state index in [0.717, 1.165) is 15.6 Å². The first-order valence-corrected chi connectivity index (χ1v) is 10.8. The molecule has 3 aromatic rings. The lowest BCUT2D eigenvalue weighted by atomic mass is 10.2. The van der Waals surface area contributed by atoms with Crippen LogP contribution in [0.2, 0.25) is 0 Å². The molecule has 1 amide bonds. The molecule has 0 spiro atoms. The molecule has 152 valence electrons. The van der Waals surface area contributed by atoms with Gasteiger partial charge in [0, 0.05) is 18.8 Å². The molecule has 9 heteroatoms. The number of nitrogens with zero attached hydrogens (tertiary/aromatic N) is 1. The van der Waals surface area contributed by atoms with Gasteiger partial charge in [0.25, 0.3) is 15.9 Å². The second kappa shape index (κ2) is 8.54. The van der Waals surface area contributed by atoms with Crippen LogP contribution in [0.15, 0.2) is 64.9 Å². The molecular formula is C20H20N2O5S2. The lowest BCUT2D eigenvalue weighted by Gasteiger charge is -2.19. The predicted octanol–water partition coefficient (Wildman–Crippen LogP) is 3.84. The molecule has 3 rings (SSSR count). The van der Waals surface area contributed by atoms with Gasteiger partial charge in [0.1, 0.15) is 4.88 Å². The van der Waals surface area contributed by atoms with Crippen LogP contribution in [0, 0.1) is 0 Å². The normalized spacial score (nSPS) is 11.0. The summed E-state index contributed by atoms with van der Waals surface area (Å²) in [5.41, 5.74) is 0.803. The number of methoxy groups -OCH3 is 2. The maximum absolute atomic E-state index is 12.9. The first kappa shape index (κ1) is 20.7. The van der Waals surface area contributed by atoms with Crippen LogP contribution in [-0.4, -0.2) is 35.6 Å². The largest absolute Gasteiger partial charge is 0.493 e. The topological polar surface area (TPSA) is 84.9 Å². The minimum Gasteiger partial charge on any atom is -0.493 e. The van der Waals surface area contributed by atoms with Crippen molar-refractivity contribution in [3.05, 3.63) is 64.9 Å². The van der Waals surface area contributed by atoms with E-state index in [1.807, 2.05) is 0 Å². The predicted molar refractivity (Wildman–Crippen MR) is 114 cm³/mol. The fourth-order valence-corrected chi connectivity index (χ4v) is 4.81. The van der Waals surface area contributed by atoms with Crippen LogP contribution in [0.3, 0.4) is 0 Å².